The summed E-state index contributed by atoms with van der Waals surface area (Å²) >= 11 is 0. The molecule has 0 bridgehead atoms. The number of hydrogen-bond acceptors (Lipinski definition) is 5. The molecule has 0 saturated carbocycles. The lowest BCUT2D eigenvalue weighted by molar-refractivity contribution is -0.123. The van der Waals surface area contributed by atoms with E-state index in [2.05, 4.69) is 10.5 Å². The highest BCUT2D eigenvalue weighted by Crippen LogP contribution is 2.25. The van der Waals surface area contributed by atoms with Crippen LogP contribution in [0.4, 0.5) is 4.39 Å². The first-order chi connectivity index (χ1) is 13.0. The second-order valence-corrected chi connectivity index (χ2v) is 5.50. The Balaban J connectivity index is 2.01. The van der Waals surface area contributed by atoms with Crippen molar-refractivity contribution in [2.45, 2.75) is 20.8 Å². The van der Waals surface area contributed by atoms with Gasteiger partial charge >= 0.3 is 0 Å². The van der Waals surface area contributed by atoms with E-state index >= 15 is 0 Å². The number of rotatable bonds is 9. The molecule has 0 radical (unpaired) electrons. The van der Waals surface area contributed by atoms with Crippen LogP contribution in [0.1, 0.15) is 26.3 Å². The van der Waals surface area contributed by atoms with Gasteiger partial charge < -0.3 is 14.2 Å². The zero-order chi connectivity index (χ0) is 19.6. The summed E-state index contributed by atoms with van der Waals surface area (Å²) in [5.74, 6) is 0.940. The Kier molecular flexibility index (Phi) is 7.61. The zero-order valence-corrected chi connectivity index (χ0v) is 15.6. The van der Waals surface area contributed by atoms with Crippen molar-refractivity contribution in [1.82, 2.24) is 5.43 Å². The van der Waals surface area contributed by atoms with Crippen molar-refractivity contribution in [1.29, 1.82) is 0 Å². The van der Waals surface area contributed by atoms with Gasteiger partial charge in [-0.3, -0.25) is 4.79 Å². The van der Waals surface area contributed by atoms with E-state index in [-0.39, 0.29) is 12.4 Å². The molecule has 2 rings (SSSR count). The molecule has 7 heteroatoms. The van der Waals surface area contributed by atoms with Crippen LogP contribution in [0.15, 0.2) is 47.6 Å². The molecule has 0 aliphatic carbocycles. The molecule has 1 amide bonds. The molecule has 144 valence electrons. The van der Waals surface area contributed by atoms with Gasteiger partial charge in [-0.25, -0.2) is 9.82 Å². The Bertz CT molecular complexity index is 791. The number of hydrazone groups is 1. The predicted molar refractivity (Wildman–Crippen MR) is 101 cm³/mol. The van der Waals surface area contributed by atoms with E-state index in [0.717, 1.165) is 5.56 Å². The monoisotopic (exact) mass is 374 g/mol. The van der Waals surface area contributed by atoms with Gasteiger partial charge in [0.25, 0.3) is 5.91 Å². The van der Waals surface area contributed by atoms with Crippen LogP contribution in [0.5, 0.6) is 17.2 Å². The third-order valence-electron chi connectivity index (χ3n) is 3.48. The topological polar surface area (TPSA) is 69.2 Å². The number of hydrogen-bond donors (Lipinski definition) is 1. The summed E-state index contributed by atoms with van der Waals surface area (Å²) in [7, 11) is 0. The van der Waals surface area contributed by atoms with Crippen molar-refractivity contribution in [3.8, 4) is 17.2 Å². The number of carbonyl (C=O) groups is 1. The van der Waals surface area contributed by atoms with Crippen molar-refractivity contribution in [2.75, 3.05) is 19.8 Å². The molecule has 0 fully saturated rings. The van der Waals surface area contributed by atoms with E-state index in [9.17, 15) is 9.18 Å². The highest BCUT2D eigenvalue weighted by atomic mass is 19.1. The van der Waals surface area contributed by atoms with Crippen LogP contribution >= 0.6 is 0 Å². The van der Waals surface area contributed by atoms with Gasteiger partial charge in [-0.1, -0.05) is 0 Å². The second-order valence-electron chi connectivity index (χ2n) is 5.50. The molecule has 2 aromatic rings. The van der Waals surface area contributed by atoms with Crippen LogP contribution in [0.2, 0.25) is 0 Å². The van der Waals surface area contributed by atoms with Crippen LogP contribution in [-0.4, -0.2) is 31.4 Å². The largest absolute Gasteiger partial charge is 0.494 e. The SMILES string of the molecule is CCOc1ccc(OCC)c(/C(C)=N\NC(=O)COc2ccc(F)cc2)c1. The predicted octanol–water partition coefficient (Wildman–Crippen LogP) is 3.54. The summed E-state index contributed by atoms with van der Waals surface area (Å²) in [5.41, 5.74) is 3.73. The fraction of sp³-hybridized carbons (Fsp3) is 0.300. The van der Waals surface area contributed by atoms with E-state index in [1.165, 1.54) is 24.3 Å². The normalized spacial score (nSPS) is 11.0. The van der Waals surface area contributed by atoms with Crippen LogP contribution in [0.25, 0.3) is 0 Å². The number of carbonyl (C=O) groups excluding carboxylic acids is 1. The molecule has 0 aromatic heterocycles. The maximum absolute atomic E-state index is 12.8. The Hall–Kier alpha value is -3.09. The molecule has 0 atom stereocenters. The number of ether oxygens (including phenoxy) is 3. The molecule has 27 heavy (non-hydrogen) atoms. The lowest BCUT2D eigenvalue weighted by Gasteiger charge is -2.12. The zero-order valence-electron chi connectivity index (χ0n) is 15.6. The number of nitrogens with zero attached hydrogens (tertiary/aromatic N) is 1. The first-order valence-corrected chi connectivity index (χ1v) is 8.65. The maximum atomic E-state index is 12.8. The first-order valence-electron chi connectivity index (χ1n) is 8.65. The van der Waals surface area contributed by atoms with E-state index in [1.54, 1.807) is 6.92 Å². The lowest BCUT2D eigenvalue weighted by atomic mass is 10.1. The van der Waals surface area contributed by atoms with Gasteiger partial charge in [0.2, 0.25) is 0 Å². The number of amides is 1. The Morgan fingerprint density at radius 2 is 1.67 bits per heavy atom. The van der Waals surface area contributed by atoms with Crippen LogP contribution in [0, 0.1) is 5.82 Å². The lowest BCUT2D eigenvalue weighted by Crippen LogP contribution is -2.25. The third-order valence-corrected chi connectivity index (χ3v) is 3.48. The van der Waals surface area contributed by atoms with Gasteiger partial charge in [0.05, 0.1) is 18.9 Å². The fourth-order valence-corrected chi connectivity index (χ4v) is 2.25. The average Bonchev–Trinajstić information content (AvgIpc) is 2.67. The van der Waals surface area contributed by atoms with Crippen LogP contribution in [-0.2, 0) is 4.79 Å². The average molecular weight is 374 g/mol. The Morgan fingerprint density at radius 1 is 1.00 bits per heavy atom. The van der Waals surface area contributed by atoms with E-state index in [1.807, 2.05) is 32.0 Å². The summed E-state index contributed by atoms with van der Waals surface area (Å²) in [6.45, 7) is 6.36. The summed E-state index contributed by atoms with van der Waals surface area (Å²) in [6, 6.07) is 10.9. The third kappa shape index (κ3) is 6.29. The summed E-state index contributed by atoms with van der Waals surface area (Å²) in [4.78, 5) is 11.9. The van der Waals surface area contributed by atoms with Crippen LogP contribution < -0.4 is 19.6 Å². The maximum Gasteiger partial charge on any atom is 0.277 e. The van der Waals surface area contributed by atoms with Gasteiger partial charge in [-0.05, 0) is 63.2 Å². The van der Waals surface area contributed by atoms with Crippen LogP contribution in [0.3, 0.4) is 0 Å². The van der Waals surface area contributed by atoms with E-state index in [4.69, 9.17) is 14.2 Å². The van der Waals surface area contributed by atoms with E-state index < -0.39 is 5.91 Å². The minimum atomic E-state index is -0.433. The van der Waals surface area contributed by atoms with Crippen molar-refractivity contribution in [3.63, 3.8) is 0 Å². The molecule has 0 aliphatic rings. The van der Waals surface area contributed by atoms with Crippen molar-refractivity contribution in [2.24, 2.45) is 5.10 Å². The Morgan fingerprint density at radius 3 is 2.33 bits per heavy atom. The van der Waals surface area contributed by atoms with Crippen molar-refractivity contribution >= 4 is 11.6 Å². The van der Waals surface area contributed by atoms with Gasteiger partial charge in [-0.2, -0.15) is 5.10 Å². The molecule has 0 saturated heterocycles. The quantitative estimate of drug-likeness (QED) is 0.538. The fourth-order valence-electron chi connectivity index (χ4n) is 2.25. The number of benzene rings is 2. The smallest absolute Gasteiger partial charge is 0.277 e. The molecular formula is C20H23FN2O4. The summed E-state index contributed by atoms with van der Waals surface area (Å²) in [6.07, 6.45) is 0. The molecular weight excluding hydrogens is 351 g/mol. The highest BCUT2D eigenvalue weighted by Gasteiger charge is 2.10. The minimum absolute atomic E-state index is 0.236. The molecule has 0 heterocycles. The molecule has 6 nitrogen and oxygen atoms in total. The standard InChI is InChI=1S/C20H23FN2O4/c1-4-25-17-10-11-19(26-5-2)18(12-17)14(3)22-23-20(24)13-27-16-8-6-15(21)7-9-16/h6-12H,4-5,13H2,1-3H3,(H,23,24)/b22-14-. The van der Waals surface area contributed by atoms with E-state index in [0.29, 0.717) is 36.2 Å². The van der Waals surface area contributed by atoms with Crippen molar-refractivity contribution < 1.29 is 23.4 Å². The number of halogens is 1. The molecule has 2 aromatic carbocycles. The molecule has 0 aliphatic heterocycles. The molecule has 0 spiro atoms. The molecule has 1 N–H and O–H groups in total. The second kappa shape index (κ2) is 10.2. The van der Waals surface area contributed by atoms with Gasteiger partial charge in [0, 0.05) is 5.56 Å². The van der Waals surface area contributed by atoms with Gasteiger partial charge in [-0.15, -0.1) is 0 Å². The minimum Gasteiger partial charge on any atom is -0.494 e. The van der Waals surface area contributed by atoms with Crippen molar-refractivity contribution in [3.05, 3.63) is 53.8 Å². The highest BCUT2D eigenvalue weighted by molar-refractivity contribution is 6.02. The summed E-state index contributed by atoms with van der Waals surface area (Å²) in [5, 5.41) is 4.11. The Labute approximate surface area is 157 Å². The van der Waals surface area contributed by atoms with Gasteiger partial charge in [0.15, 0.2) is 6.61 Å². The number of nitrogens with one attached hydrogen (secondary N) is 1. The summed E-state index contributed by atoms with van der Waals surface area (Å²) < 4.78 is 29.2. The van der Waals surface area contributed by atoms with Gasteiger partial charge in [0.1, 0.15) is 23.1 Å². The molecule has 0 unspecified atom stereocenters. The first kappa shape index (κ1) is 20.2.